The van der Waals surface area contributed by atoms with E-state index in [1.54, 1.807) is 7.11 Å². The first kappa shape index (κ1) is 16.8. The molecule has 1 N–H and O–H groups in total. The van der Waals surface area contributed by atoms with Crippen LogP contribution in [0.15, 0.2) is 24.3 Å². The molecule has 2 fully saturated rings. The Balaban J connectivity index is 1.81. The molecule has 1 unspecified atom stereocenters. The molecule has 1 heterocycles. The van der Waals surface area contributed by atoms with Gasteiger partial charge in [-0.05, 0) is 51.5 Å². The predicted molar refractivity (Wildman–Crippen MR) is 93.9 cm³/mol. The highest BCUT2D eigenvalue weighted by molar-refractivity contribution is 5.36. The number of nitrogens with one attached hydrogen (secondary N) is 1. The zero-order chi connectivity index (χ0) is 16.2. The highest BCUT2D eigenvalue weighted by Crippen LogP contribution is 2.40. The van der Waals surface area contributed by atoms with E-state index in [1.165, 1.54) is 31.2 Å². The molecule has 23 heavy (non-hydrogen) atoms. The summed E-state index contributed by atoms with van der Waals surface area (Å²) >= 11 is 0. The molecule has 4 atom stereocenters. The first-order valence-electron chi connectivity index (χ1n) is 9.21. The summed E-state index contributed by atoms with van der Waals surface area (Å²) in [5.74, 6) is 1.74. The molecule has 0 aromatic heterocycles. The van der Waals surface area contributed by atoms with Crippen molar-refractivity contribution in [3.8, 4) is 5.75 Å². The second-order valence-electron chi connectivity index (χ2n) is 7.36. The third kappa shape index (κ3) is 4.07. The van der Waals surface area contributed by atoms with Crippen LogP contribution in [0.4, 0.5) is 0 Å². The van der Waals surface area contributed by atoms with E-state index in [0.717, 1.165) is 24.5 Å². The summed E-state index contributed by atoms with van der Waals surface area (Å²) in [6.45, 7) is 4.38. The average Bonchev–Trinajstić information content (AvgIpc) is 3.06. The van der Waals surface area contributed by atoms with Crippen LogP contribution in [-0.2, 0) is 4.74 Å². The molecule has 1 saturated heterocycles. The molecule has 0 bridgehead atoms. The lowest BCUT2D eigenvalue weighted by Gasteiger charge is -2.37. The zero-order valence-electron chi connectivity index (χ0n) is 14.8. The van der Waals surface area contributed by atoms with Crippen molar-refractivity contribution in [1.82, 2.24) is 5.32 Å². The van der Waals surface area contributed by atoms with Crippen LogP contribution in [0.25, 0.3) is 0 Å². The summed E-state index contributed by atoms with van der Waals surface area (Å²) in [7, 11) is 1.78. The summed E-state index contributed by atoms with van der Waals surface area (Å²) in [6.07, 6.45) is 8.26. The Bertz CT molecular complexity index is 488. The number of ether oxygens (including phenoxy) is 2. The minimum absolute atomic E-state index is 0.346. The maximum Gasteiger partial charge on any atom is 0.123 e. The van der Waals surface area contributed by atoms with E-state index >= 15 is 0 Å². The summed E-state index contributed by atoms with van der Waals surface area (Å²) in [4.78, 5) is 0. The molecule has 1 aromatic rings. The van der Waals surface area contributed by atoms with Crippen LogP contribution in [0.2, 0.25) is 0 Å². The second-order valence-corrected chi connectivity index (χ2v) is 7.36. The third-order valence-corrected chi connectivity index (χ3v) is 5.46. The van der Waals surface area contributed by atoms with Gasteiger partial charge < -0.3 is 14.8 Å². The van der Waals surface area contributed by atoms with Gasteiger partial charge in [0.25, 0.3) is 0 Å². The lowest BCUT2D eigenvalue weighted by atomic mass is 9.88. The molecule has 1 aromatic carbocycles. The van der Waals surface area contributed by atoms with E-state index in [1.807, 2.05) is 0 Å². The van der Waals surface area contributed by atoms with Crippen molar-refractivity contribution < 1.29 is 9.47 Å². The Kier molecular flexibility index (Phi) is 5.60. The van der Waals surface area contributed by atoms with Crippen molar-refractivity contribution >= 4 is 0 Å². The molecule has 0 spiro atoms. The molecule has 3 rings (SSSR count). The number of rotatable bonds is 5. The molecule has 3 heteroatoms. The van der Waals surface area contributed by atoms with Gasteiger partial charge in [0, 0.05) is 17.6 Å². The summed E-state index contributed by atoms with van der Waals surface area (Å²) < 4.78 is 11.6. The Morgan fingerprint density at radius 2 is 1.74 bits per heavy atom. The van der Waals surface area contributed by atoms with E-state index < -0.39 is 0 Å². The predicted octanol–water partition coefficient (Wildman–Crippen LogP) is 4.47. The Morgan fingerprint density at radius 3 is 2.39 bits per heavy atom. The molecule has 1 aliphatic heterocycles. The quantitative estimate of drug-likeness (QED) is 0.869. The molecule has 128 valence electrons. The zero-order valence-corrected chi connectivity index (χ0v) is 14.8. The van der Waals surface area contributed by atoms with Crippen molar-refractivity contribution in [3.63, 3.8) is 0 Å². The van der Waals surface area contributed by atoms with Gasteiger partial charge in [-0.15, -0.1) is 0 Å². The van der Waals surface area contributed by atoms with Crippen LogP contribution < -0.4 is 10.1 Å². The highest BCUT2D eigenvalue weighted by Gasteiger charge is 2.32. The van der Waals surface area contributed by atoms with Gasteiger partial charge in [-0.3, -0.25) is 0 Å². The minimum atomic E-state index is 0.346. The van der Waals surface area contributed by atoms with Crippen molar-refractivity contribution in [2.75, 3.05) is 7.11 Å². The maximum atomic E-state index is 5.91. The number of methoxy groups -OCH3 is 1. The fourth-order valence-corrected chi connectivity index (χ4v) is 4.49. The Labute approximate surface area is 140 Å². The number of benzene rings is 1. The SMILES string of the molecule is COc1ccccc1[C@@H](NC1C[C@@H](C)O[C@@H](C)C1)C1CCCC1. The molecule has 1 saturated carbocycles. The van der Waals surface area contributed by atoms with E-state index in [4.69, 9.17) is 9.47 Å². The lowest BCUT2D eigenvalue weighted by Crippen LogP contribution is -2.44. The number of hydrogen-bond acceptors (Lipinski definition) is 3. The molecule has 1 aliphatic carbocycles. The van der Waals surface area contributed by atoms with Gasteiger partial charge in [-0.25, -0.2) is 0 Å². The molecule has 3 nitrogen and oxygen atoms in total. The van der Waals surface area contributed by atoms with Crippen molar-refractivity contribution in [2.24, 2.45) is 5.92 Å². The van der Waals surface area contributed by atoms with E-state index in [-0.39, 0.29) is 0 Å². The fraction of sp³-hybridized carbons (Fsp3) is 0.700. The van der Waals surface area contributed by atoms with Crippen LogP contribution in [-0.4, -0.2) is 25.4 Å². The monoisotopic (exact) mass is 317 g/mol. The largest absolute Gasteiger partial charge is 0.496 e. The van der Waals surface area contributed by atoms with E-state index in [2.05, 4.69) is 43.4 Å². The summed E-state index contributed by atoms with van der Waals surface area (Å²) in [5, 5.41) is 3.99. The van der Waals surface area contributed by atoms with Crippen LogP contribution in [0.3, 0.4) is 0 Å². The lowest BCUT2D eigenvalue weighted by molar-refractivity contribution is -0.0446. The average molecular weight is 317 g/mol. The van der Waals surface area contributed by atoms with Crippen molar-refractivity contribution in [3.05, 3.63) is 29.8 Å². The Hall–Kier alpha value is -1.06. The molecule has 0 radical (unpaired) electrons. The topological polar surface area (TPSA) is 30.5 Å². The smallest absolute Gasteiger partial charge is 0.123 e. The third-order valence-electron chi connectivity index (χ3n) is 5.46. The van der Waals surface area contributed by atoms with Gasteiger partial charge in [0.15, 0.2) is 0 Å². The summed E-state index contributed by atoms with van der Waals surface area (Å²) in [5.41, 5.74) is 1.33. The highest BCUT2D eigenvalue weighted by atomic mass is 16.5. The minimum Gasteiger partial charge on any atom is -0.496 e. The molecular formula is C20H31NO2. The number of hydrogen-bond donors (Lipinski definition) is 1. The van der Waals surface area contributed by atoms with E-state index in [9.17, 15) is 0 Å². The fourth-order valence-electron chi connectivity index (χ4n) is 4.49. The van der Waals surface area contributed by atoms with Crippen molar-refractivity contribution in [1.29, 1.82) is 0 Å². The van der Waals surface area contributed by atoms with E-state index in [0.29, 0.717) is 24.3 Å². The van der Waals surface area contributed by atoms with Gasteiger partial charge in [-0.1, -0.05) is 31.0 Å². The first-order chi connectivity index (χ1) is 11.2. The van der Waals surface area contributed by atoms with Crippen molar-refractivity contribution in [2.45, 2.75) is 76.7 Å². The summed E-state index contributed by atoms with van der Waals surface area (Å²) in [6, 6.07) is 9.46. The molecular weight excluding hydrogens is 286 g/mol. The first-order valence-corrected chi connectivity index (χ1v) is 9.21. The van der Waals surface area contributed by atoms with Crippen LogP contribution in [0, 0.1) is 5.92 Å². The standard InChI is InChI=1S/C20H31NO2/c1-14-12-17(13-15(2)23-14)21-20(16-8-4-5-9-16)18-10-6-7-11-19(18)22-3/h6-7,10-11,14-17,20-21H,4-5,8-9,12-13H2,1-3H3/t14-,15+,17?,20-/m0/s1. The van der Waals surface area contributed by atoms with Gasteiger partial charge in [0.05, 0.1) is 19.3 Å². The maximum absolute atomic E-state index is 5.91. The second kappa shape index (κ2) is 7.67. The number of para-hydroxylation sites is 1. The van der Waals surface area contributed by atoms with Gasteiger partial charge in [-0.2, -0.15) is 0 Å². The molecule has 2 aliphatic rings. The van der Waals surface area contributed by atoms with Crippen LogP contribution in [0.1, 0.15) is 64.0 Å². The molecule has 0 amide bonds. The van der Waals surface area contributed by atoms with Crippen LogP contribution in [0.5, 0.6) is 5.75 Å². The van der Waals surface area contributed by atoms with Crippen LogP contribution >= 0.6 is 0 Å². The van der Waals surface area contributed by atoms with Gasteiger partial charge in [0.2, 0.25) is 0 Å². The van der Waals surface area contributed by atoms with Gasteiger partial charge >= 0.3 is 0 Å². The normalized spacial score (nSPS) is 30.3. The Morgan fingerprint density at radius 1 is 1.09 bits per heavy atom. The van der Waals surface area contributed by atoms with Gasteiger partial charge in [0.1, 0.15) is 5.75 Å².